The highest BCUT2D eigenvalue weighted by Crippen LogP contribution is 2.25. The molecule has 3 rings (SSSR count). The fourth-order valence-corrected chi connectivity index (χ4v) is 3.08. The first kappa shape index (κ1) is 19.6. The van der Waals surface area contributed by atoms with Crippen molar-refractivity contribution in [2.45, 2.75) is 39.3 Å². The third kappa shape index (κ3) is 4.23. The van der Waals surface area contributed by atoms with Crippen molar-refractivity contribution in [2.24, 2.45) is 0 Å². The fourth-order valence-electron chi connectivity index (χ4n) is 3.08. The first-order valence-electron chi connectivity index (χ1n) is 9.36. The maximum Gasteiger partial charge on any atom is 0.336 e. The van der Waals surface area contributed by atoms with Gasteiger partial charge in [0.25, 0.3) is 5.91 Å². The smallest absolute Gasteiger partial charge is 0.336 e. The maximum absolute atomic E-state index is 12.6. The molecule has 0 aliphatic carbocycles. The van der Waals surface area contributed by atoms with Crippen molar-refractivity contribution in [3.05, 3.63) is 71.6 Å². The van der Waals surface area contributed by atoms with Crippen LogP contribution in [0.25, 0.3) is 11.1 Å². The number of aromatic carboxylic acids is 1. The second-order valence-corrected chi connectivity index (χ2v) is 6.71. The standard InChI is InChI=1S/C22H24N2O4/c1-3-4-9-20-23-28-15(2)21(25)24(20)14-16-10-12-17(13-11-16)18-7-5-6-8-19(18)22(26)27/h5-13,15,23H,3-4,14H2,1-2H3,(H,26,27). The normalized spacial score (nSPS) is 18.2. The minimum absolute atomic E-state index is 0.0959. The predicted molar refractivity (Wildman–Crippen MR) is 106 cm³/mol. The van der Waals surface area contributed by atoms with Crippen LogP contribution < -0.4 is 5.48 Å². The zero-order valence-electron chi connectivity index (χ0n) is 16.0. The van der Waals surface area contributed by atoms with E-state index in [1.807, 2.05) is 36.4 Å². The van der Waals surface area contributed by atoms with E-state index in [0.717, 1.165) is 24.0 Å². The Bertz CT molecular complexity index is 890. The quantitative estimate of drug-likeness (QED) is 0.793. The molecule has 1 fully saturated rings. The molecule has 0 saturated carbocycles. The van der Waals surface area contributed by atoms with Crippen LogP contribution >= 0.6 is 0 Å². The molecule has 0 aromatic heterocycles. The minimum atomic E-state index is -0.954. The molecular weight excluding hydrogens is 356 g/mol. The molecule has 1 saturated heterocycles. The number of carboxylic acids is 1. The van der Waals surface area contributed by atoms with E-state index in [0.29, 0.717) is 17.9 Å². The van der Waals surface area contributed by atoms with Crippen molar-refractivity contribution in [1.82, 2.24) is 10.4 Å². The first-order valence-corrected chi connectivity index (χ1v) is 9.36. The van der Waals surface area contributed by atoms with Crippen molar-refractivity contribution in [2.75, 3.05) is 0 Å². The predicted octanol–water partition coefficient (Wildman–Crippen LogP) is 3.95. The summed E-state index contributed by atoms with van der Waals surface area (Å²) in [5, 5.41) is 9.38. The lowest BCUT2D eigenvalue weighted by molar-refractivity contribution is -0.156. The van der Waals surface area contributed by atoms with Gasteiger partial charge in [-0.2, -0.15) is 0 Å². The van der Waals surface area contributed by atoms with Gasteiger partial charge >= 0.3 is 5.97 Å². The van der Waals surface area contributed by atoms with Crippen LogP contribution in [0, 0.1) is 0 Å². The van der Waals surface area contributed by atoms with E-state index in [1.54, 1.807) is 30.0 Å². The number of amides is 1. The Balaban J connectivity index is 1.83. The Hall–Kier alpha value is -3.12. The van der Waals surface area contributed by atoms with Gasteiger partial charge < -0.3 is 5.11 Å². The fraction of sp³-hybridized carbons (Fsp3) is 0.273. The summed E-state index contributed by atoms with van der Waals surface area (Å²) in [6, 6.07) is 14.5. The summed E-state index contributed by atoms with van der Waals surface area (Å²) in [6.07, 6.45) is 3.22. The molecule has 146 valence electrons. The van der Waals surface area contributed by atoms with E-state index in [1.165, 1.54) is 0 Å². The second-order valence-electron chi connectivity index (χ2n) is 6.71. The number of carbonyl (C=O) groups is 2. The van der Waals surface area contributed by atoms with E-state index in [2.05, 4.69) is 12.4 Å². The number of unbranched alkanes of at least 4 members (excludes halogenated alkanes) is 1. The van der Waals surface area contributed by atoms with E-state index < -0.39 is 12.1 Å². The number of carboxylic acid groups (broad SMARTS) is 1. The monoisotopic (exact) mass is 380 g/mol. The number of rotatable bonds is 6. The molecule has 2 aromatic rings. The van der Waals surface area contributed by atoms with Crippen LogP contribution in [0.15, 0.2) is 60.4 Å². The molecular formula is C22H24N2O4. The zero-order chi connectivity index (χ0) is 20.1. The molecule has 1 aliphatic rings. The highest BCUT2D eigenvalue weighted by atomic mass is 16.7. The maximum atomic E-state index is 12.6. The number of hydroxylamine groups is 1. The summed E-state index contributed by atoms with van der Waals surface area (Å²) in [7, 11) is 0. The number of nitrogens with zero attached hydrogens (tertiary/aromatic N) is 1. The summed E-state index contributed by atoms with van der Waals surface area (Å²) in [5.74, 6) is -0.393. The Morgan fingerprint density at radius 1 is 1.21 bits per heavy atom. The van der Waals surface area contributed by atoms with Gasteiger partial charge in [0.2, 0.25) is 0 Å². The summed E-state index contributed by atoms with van der Waals surface area (Å²) in [4.78, 5) is 31.0. The van der Waals surface area contributed by atoms with Gasteiger partial charge in [0.05, 0.1) is 12.1 Å². The van der Waals surface area contributed by atoms with Gasteiger partial charge in [-0.1, -0.05) is 55.8 Å². The Morgan fingerprint density at radius 3 is 2.61 bits per heavy atom. The van der Waals surface area contributed by atoms with E-state index in [4.69, 9.17) is 4.84 Å². The molecule has 0 bridgehead atoms. The minimum Gasteiger partial charge on any atom is -0.478 e. The van der Waals surface area contributed by atoms with Gasteiger partial charge in [-0.15, -0.1) is 0 Å². The van der Waals surface area contributed by atoms with E-state index >= 15 is 0 Å². The number of hydrogen-bond acceptors (Lipinski definition) is 4. The molecule has 2 aromatic carbocycles. The topological polar surface area (TPSA) is 78.9 Å². The van der Waals surface area contributed by atoms with E-state index in [-0.39, 0.29) is 11.5 Å². The highest BCUT2D eigenvalue weighted by Gasteiger charge is 2.29. The number of benzene rings is 2. The van der Waals surface area contributed by atoms with Gasteiger partial charge in [0, 0.05) is 0 Å². The Morgan fingerprint density at radius 2 is 1.93 bits per heavy atom. The molecule has 1 aliphatic heterocycles. The molecule has 1 atom stereocenters. The molecule has 0 spiro atoms. The molecule has 6 heteroatoms. The van der Waals surface area contributed by atoms with Crippen LogP contribution in [0.5, 0.6) is 0 Å². The van der Waals surface area contributed by atoms with Crippen LogP contribution in [0.1, 0.15) is 42.6 Å². The third-order valence-corrected chi connectivity index (χ3v) is 4.63. The summed E-state index contributed by atoms with van der Waals surface area (Å²) >= 11 is 0. The molecule has 0 radical (unpaired) electrons. The second kappa shape index (κ2) is 8.71. The van der Waals surface area contributed by atoms with Crippen molar-refractivity contribution in [3.63, 3.8) is 0 Å². The first-order chi connectivity index (χ1) is 13.5. The summed E-state index contributed by atoms with van der Waals surface area (Å²) in [6.45, 7) is 4.20. The van der Waals surface area contributed by atoms with Crippen molar-refractivity contribution >= 4 is 11.9 Å². The van der Waals surface area contributed by atoms with Crippen LogP contribution in [-0.2, 0) is 16.2 Å². The van der Waals surface area contributed by atoms with Gasteiger partial charge in [-0.05, 0) is 42.2 Å². The van der Waals surface area contributed by atoms with Gasteiger partial charge in [-0.25, -0.2) is 4.79 Å². The number of allylic oxidation sites excluding steroid dienone is 1. The van der Waals surface area contributed by atoms with Crippen molar-refractivity contribution < 1.29 is 19.5 Å². The zero-order valence-corrected chi connectivity index (χ0v) is 16.0. The van der Waals surface area contributed by atoms with Crippen LogP contribution in [0.4, 0.5) is 0 Å². The number of nitrogens with one attached hydrogen (secondary N) is 1. The average molecular weight is 380 g/mol. The third-order valence-electron chi connectivity index (χ3n) is 4.63. The lowest BCUT2D eigenvalue weighted by Gasteiger charge is -2.33. The lowest BCUT2D eigenvalue weighted by atomic mass is 9.98. The Kier molecular flexibility index (Phi) is 6.11. The molecule has 1 amide bonds. The molecule has 2 N–H and O–H groups in total. The van der Waals surface area contributed by atoms with Crippen molar-refractivity contribution in [3.8, 4) is 11.1 Å². The SMILES string of the molecule is CCCC=C1NOC(C)C(=O)N1Cc1ccc(-c2ccccc2C(=O)O)cc1. The number of hydrogen-bond donors (Lipinski definition) is 2. The Labute approximate surface area is 164 Å². The molecule has 6 nitrogen and oxygen atoms in total. The molecule has 1 unspecified atom stereocenters. The van der Waals surface area contributed by atoms with Crippen molar-refractivity contribution in [1.29, 1.82) is 0 Å². The van der Waals surface area contributed by atoms with E-state index in [9.17, 15) is 14.7 Å². The van der Waals surface area contributed by atoms with Gasteiger partial charge in [-0.3, -0.25) is 20.0 Å². The van der Waals surface area contributed by atoms with Crippen LogP contribution in [0.3, 0.4) is 0 Å². The molecule has 28 heavy (non-hydrogen) atoms. The van der Waals surface area contributed by atoms with Crippen LogP contribution in [-0.4, -0.2) is 28.0 Å². The van der Waals surface area contributed by atoms with Gasteiger partial charge in [0.1, 0.15) is 5.82 Å². The lowest BCUT2D eigenvalue weighted by Crippen LogP contribution is -2.49. The largest absolute Gasteiger partial charge is 0.478 e. The summed E-state index contributed by atoms with van der Waals surface area (Å²) in [5.41, 5.74) is 5.57. The molecule has 1 heterocycles. The number of carbonyl (C=O) groups excluding carboxylic acids is 1. The highest BCUT2D eigenvalue weighted by molar-refractivity contribution is 5.96. The van der Waals surface area contributed by atoms with Gasteiger partial charge in [0.15, 0.2) is 6.10 Å². The summed E-state index contributed by atoms with van der Waals surface area (Å²) < 4.78 is 0. The van der Waals surface area contributed by atoms with Crippen LogP contribution in [0.2, 0.25) is 0 Å². The average Bonchev–Trinajstić information content (AvgIpc) is 2.71.